The summed E-state index contributed by atoms with van der Waals surface area (Å²) in [5.74, 6) is 1.17. The van der Waals surface area contributed by atoms with Gasteiger partial charge in [0, 0.05) is 17.4 Å². The lowest BCUT2D eigenvalue weighted by Crippen LogP contribution is -1.98. The number of aromatic nitrogens is 3. The molecular weight excluding hydrogens is 346 g/mol. The molecule has 2 aromatic heterocycles. The van der Waals surface area contributed by atoms with E-state index in [0.717, 1.165) is 33.3 Å². The Balaban J connectivity index is 1.67. The summed E-state index contributed by atoms with van der Waals surface area (Å²) < 4.78 is 0. The van der Waals surface area contributed by atoms with Crippen LogP contribution in [0.3, 0.4) is 0 Å². The molecule has 5 nitrogen and oxygen atoms in total. The van der Waals surface area contributed by atoms with E-state index in [1.165, 1.54) is 10.8 Å². The minimum absolute atomic E-state index is 0.466. The number of benzene rings is 3. The van der Waals surface area contributed by atoms with Crippen molar-refractivity contribution in [3.63, 3.8) is 0 Å². The van der Waals surface area contributed by atoms with E-state index in [1.54, 1.807) is 0 Å². The number of nitrogen functional groups attached to an aromatic ring is 1. The van der Waals surface area contributed by atoms with Crippen LogP contribution in [0.1, 0.15) is 5.56 Å². The Kier molecular flexibility index (Phi) is 3.72. The van der Waals surface area contributed by atoms with Crippen LogP contribution in [0.15, 0.2) is 72.9 Å². The normalized spacial score (nSPS) is 11.2. The van der Waals surface area contributed by atoms with E-state index < -0.39 is 0 Å². The highest BCUT2D eigenvalue weighted by Crippen LogP contribution is 2.36. The molecule has 0 fully saturated rings. The van der Waals surface area contributed by atoms with Gasteiger partial charge in [-0.15, -0.1) is 0 Å². The molecule has 0 aliphatic carbocycles. The van der Waals surface area contributed by atoms with Crippen LogP contribution in [0.4, 0.5) is 17.3 Å². The van der Waals surface area contributed by atoms with Gasteiger partial charge in [-0.3, -0.25) is 5.10 Å². The second-order valence-corrected chi connectivity index (χ2v) is 6.88. The van der Waals surface area contributed by atoms with Gasteiger partial charge in [0.05, 0.1) is 5.39 Å². The number of hydrogen-bond donors (Lipinski definition) is 3. The molecule has 0 spiro atoms. The summed E-state index contributed by atoms with van der Waals surface area (Å²) in [6, 6.07) is 22.8. The van der Waals surface area contributed by atoms with Gasteiger partial charge < -0.3 is 11.1 Å². The monoisotopic (exact) mass is 365 g/mol. The number of aromatic amines is 1. The van der Waals surface area contributed by atoms with Crippen LogP contribution in [0, 0.1) is 6.92 Å². The molecule has 2 heterocycles. The first-order valence-electron chi connectivity index (χ1n) is 9.15. The van der Waals surface area contributed by atoms with Crippen molar-refractivity contribution in [1.82, 2.24) is 15.2 Å². The molecule has 0 aliphatic rings. The molecule has 0 saturated heterocycles. The van der Waals surface area contributed by atoms with Gasteiger partial charge in [0.15, 0.2) is 11.6 Å². The SMILES string of the molecule is Cc1ccccc1Nc1ncc(-c2ccc3ccccc3c2)c2c(N)n[nH]c12. The van der Waals surface area contributed by atoms with Gasteiger partial charge in [0.2, 0.25) is 0 Å². The molecule has 0 saturated carbocycles. The highest BCUT2D eigenvalue weighted by Gasteiger charge is 2.15. The van der Waals surface area contributed by atoms with Gasteiger partial charge in [-0.25, -0.2) is 4.98 Å². The zero-order chi connectivity index (χ0) is 19.1. The first-order chi connectivity index (χ1) is 13.7. The minimum atomic E-state index is 0.466. The van der Waals surface area contributed by atoms with E-state index in [2.05, 4.69) is 63.8 Å². The van der Waals surface area contributed by atoms with E-state index in [9.17, 15) is 0 Å². The standard InChI is InChI=1S/C23H19N5/c1-14-6-2-5-9-19(14)26-23-21-20(22(24)28-27-21)18(13-25-23)17-11-10-15-7-3-4-8-16(15)12-17/h2-13H,1H3,(H,25,26)(H3,24,27,28). The summed E-state index contributed by atoms with van der Waals surface area (Å²) in [6.07, 6.45) is 1.86. The van der Waals surface area contributed by atoms with Crippen LogP contribution in [0.25, 0.3) is 32.8 Å². The Labute approximate surface area is 162 Å². The Morgan fingerprint density at radius 1 is 0.929 bits per heavy atom. The number of fused-ring (bicyclic) bond motifs is 2. The number of para-hydroxylation sites is 1. The molecule has 3 aromatic carbocycles. The Hall–Kier alpha value is -3.86. The van der Waals surface area contributed by atoms with E-state index in [0.29, 0.717) is 11.6 Å². The lowest BCUT2D eigenvalue weighted by molar-refractivity contribution is 1.12. The second-order valence-electron chi connectivity index (χ2n) is 6.88. The molecule has 0 aliphatic heterocycles. The number of hydrogen-bond acceptors (Lipinski definition) is 4. The predicted molar refractivity (Wildman–Crippen MR) is 116 cm³/mol. The molecule has 0 radical (unpaired) electrons. The van der Waals surface area contributed by atoms with E-state index in [1.807, 2.05) is 36.5 Å². The van der Waals surface area contributed by atoms with Gasteiger partial charge in [0.25, 0.3) is 0 Å². The molecule has 136 valence electrons. The van der Waals surface area contributed by atoms with E-state index in [-0.39, 0.29) is 0 Å². The number of H-pyrrole nitrogens is 1. The molecule has 5 rings (SSSR count). The fourth-order valence-electron chi connectivity index (χ4n) is 3.57. The van der Waals surface area contributed by atoms with Crippen molar-refractivity contribution in [1.29, 1.82) is 0 Å². The van der Waals surface area contributed by atoms with Crippen LogP contribution < -0.4 is 11.1 Å². The van der Waals surface area contributed by atoms with Gasteiger partial charge in [-0.2, -0.15) is 5.10 Å². The molecular formula is C23H19N5. The summed E-state index contributed by atoms with van der Waals surface area (Å²) in [6.45, 7) is 2.06. The van der Waals surface area contributed by atoms with E-state index in [4.69, 9.17) is 5.73 Å². The lowest BCUT2D eigenvalue weighted by Gasteiger charge is -2.12. The molecule has 28 heavy (non-hydrogen) atoms. The maximum absolute atomic E-state index is 6.22. The first kappa shape index (κ1) is 16.3. The minimum Gasteiger partial charge on any atom is -0.382 e. The molecule has 0 atom stereocenters. The highest BCUT2D eigenvalue weighted by molar-refractivity contribution is 6.07. The molecule has 5 aromatic rings. The van der Waals surface area contributed by atoms with Crippen molar-refractivity contribution >= 4 is 39.0 Å². The molecule has 4 N–H and O–H groups in total. The fourth-order valence-corrected chi connectivity index (χ4v) is 3.57. The average molecular weight is 365 g/mol. The van der Waals surface area contributed by atoms with Gasteiger partial charge >= 0.3 is 0 Å². The number of nitrogens with zero attached hydrogens (tertiary/aromatic N) is 2. The third-order valence-electron chi connectivity index (χ3n) is 5.08. The van der Waals surface area contributed by atoms with Gasteiger partial charge in [-0.1, -0.05) is 54.6 Å². The molecule has 0 amide bonds. The molecule has 0 bridgehead atoms. The van der Waals surface area contributed by atoms with Crippen molar-refractivity contribution < 1.29 is 0 Å². The summed E-state index contributed by atoms with van der Waals surface area (Å²) in [4.78, 5) is 4.68. The van der Waals surface area contributed by atoms with Crippen molar-refractivity contribution in [2.24, 2.45) is 0 Å². The highest BCUT2D eigenvalue weighted by atomic mass is 15.2. The number of nitrogens with two attached hydrogens (primary N) is 1. The van der Waals surface area contributed by atoms with Gasteiger partial charge in [-0.05, 0) is 41.0 Å². The van der Waals surface area contributed by atoms with Crippen LogP contribution in [0.2, 0.25) is 0 Å². The summed E-state index contributed by atoms with van der Waals surface area (Å²) in [7, 11) is 0. The average Bonchev–Trinajstić information content (AvgIpc) is 3.12. The maximum atomic E-state index is 6.22. The van der Waals surface area contributed by atoms with Crippen molar-refractivity contribution in [3.05, 3.63) is 78.5 Å². The van der Waals surface area contributed by atoms with Crippen LogP contribution in [0.5, 0.6) is 0 Å². The molecule has 5 heteroatoms. The quantitative estimate of drug-likeness (QED) is 0.399. The molecule has 0 unspecified atom stereocenters. The summed E-state index contributed by atoms with van der Waals surface area (Å²) >= 11 is 0. The number of rotatable bonds is 3. The Bertz CT molecular complexity index is 1320. The van der Waals surface area contributed by atoms with Crippen molar-refractivity contribution in [2.75, 3.05) is 11.1 Å². The zero-order valence-electron chi connectivity index (χ0n) is 15.4. The second kappa shape index (κ2) is 6.39. The maximum Gasteiger partial charge on any atom is 0.156 e. The van der Waals surface area contributed by atoms with Crippen LogP contribution >= 0.6 is 0 Å². The lowest BCUT2D eigenvalue weighted by atomic mass is 10.00. The van der Waals surface area contributed by atoms with Crippen LogP contribution in [-0.4, -0.2) is 15.2 Å². The fraction of sp³-hybridized carbons (Fsp3) is 0.0435. The number of aryl methyl sites for hydroxylation is 1. The predicted octanol–water partition coefficient (Wildman–Crippen LogP) is 5.41. The first-order valence-corrected chi connectivity index (χ1v) is 9.15. The summed E-state index contributed by atoms with van der Waals surface area (Å²) in [5.41, 5.74) is 11.2. The van der Waals surface area contributed by atoms with Gasteiger partial charge in [0.1, 0.15) is 5.52 Å². The third kappa shape index (κ3) is 2.65. The smallest absolute Gasteiger partial charge is 0.156 e. The number of nitrogens with one attached hydrogen (secondary N) is 2. The number of pyridine rings is 1. The Morgan fingerprint density at radius 2 is 1.71 bits per heavy atom. The van der Waals surface area contributed by atoms with Crippen molar-refractivity contribution in [3.8, 4) is 11.1 Å². The largest absolute Gasteiger partial charge is 0.382 e. The third-order valence-corrected chi connectivity index (χ3v) is 5.08. The Morgan fingerprint density at radius 3 is 2.57 bits per heavy atom. The van der Waals surface area contributed by atoms with E-state index >= 15 is 0 Å². The van der Waals surface area contributed by atoms with Crippen molar-refractivity contribution in [2.45, 2.75) is 6.92 Å². The summed E-state index contributed by atoms with van der Waals surface area (Å²) in [5, 5.41) is 13.9. The number of anilines is 3. The topological polar surface area (TPSA) is 79.6 Å². The zero-order valence-corrected chi connectivity index (χ0v) is 15.4. The van der Waals surface area contributed by atoms with Crippen LogP contribution in [-0.2, 0) is 0 Å².